The first kappa shape index (κ1) is 33.1. The Labute approximate surface area is 289 Å². The Balaban J connectivity index is 1.22. The number of carbonyl (C=O) groups excluding carboxylic acids is 3. The zero-order chi connectivity index (χ0) is 34.2. The van der Waals surface area contributed by atoms with Gasteiger partial charge in [-0.2, -0.15) is 0 Å². The van der Waals surface area contributed by atoms with Gasteiger partial charge in [-0.15, -0.1) is 11.8 Å². The van der Waals surface area contributed by atoms with Crippen molar-refractivity contribution in [3.63, 3.8) is 0 Å². The molecule has 0 aromatic heterocycles. The molecule has 6 rings (SSSR count). The van der Waals surface area contributed by atoms with Crippen molar-refractivity contribution < 1.29 is 23.9 Å². The lowest BCUT2D eigenvalue weighted by Crippen LogP contribution is -2.30. The maximum Gasteiger partial charge on any atom is 0.272 e. The van der Waals surface area contributed by atoms with Gasteiger partial charge in [-0.1, -0.05) is 92.7 Å². The van der Waals surface area contributed by atoms with Gasteiger partial charge in [0.25, 0.3) is 11.8 Å². The lowest BCUT2D eigenvalue weighted by Gasteiger charge is -2.18. The number of nitrogens with one attached hydrogen (secondary N) is 3. The van der Waals surface area contributed by atoms with E-state index in [1.165, 1.54) is 17.3 Å². The number of anilines is 2. The summed E-state index contributed by atoms with van der Waals surface area (Å²) in [5.41, 5.74) is 4.38. The van der Waals surface area contributed by atoms with E-state index in [4.69, 9.17) is 9.47 Å². The average molecular weight is 670 g/mol. The molecule has 9 heteroatoms. The zero-order valence-corrected chi connectivity index (χ0v) is 27.8. The molecular weight excluding hydrogens is 635 g/mol. The minimum atomic E-state index is -0.605. The molecule has 8 nitrogen and oxygen atoms in total. The second-order valence-electron chi connectivity index (χ2n) is 11.6. The number of hydrogen-bond donors (Lipinski definition) is 3. The van der Waals surface area contributed by atoms with Crippen LogP contribution >= 0.6 is 11.8 Å². The van der Waals surface area contributed by atoms with Crippen molar-refractivity contribution in [2.45, 2.75) is 29.9 Å². The van der Waals surface area contributed by atoms with Crippen LogP contribution in [-0.2, 0) is 9.59 Å². The van der Waals surface area contributed by atoms with Gasteiger partial charge in [0.05, 0.1) is 0 Å². The summed E-state index contributed by atoms with van der Waals surface area (Å²) in [4.78, 5) is 41.3. The first-order valence-electron chi connectivity index (χ1n) is 15.8. The van der Waals surface area contributed by atoms with Crippen LogP contribution in [0.4, 0.5) is 11.4 Å². The highest BCUT2D eigenvalue weighted by molar-refractivity contribution is 8.00. The van der Waals surface area contributed by atoms with Crippen molar-refractivity contribution in [3.8, 4) is 11.5 Å². The van der Waals surface area contributed by atoms with Crippen molar-refractivity contribution in [3.05, 3.63) is 155 Å². The topological polar surface area (TPSA) is 106 Å². The van der Waals surface area contributed by atoms with Crippen LogP contribution in [0, 0.1) is 0 Å². The number of carbonyl (C=O) groups is 3. The number of fused-ring (bicyclic) bond motifs is 1. The average Bonchev–Trinajstić information content (AvgIpc) is 3.59. The Kier molecular flexibility index (Phi) is 10.4. The van der Waals surface area contributed by atoms with Gasteiger partial charge in [-0.25, -0.2) is 0 Å². The van der Waals surface area contributed by atoms with Crippen LogP contribution in [-0.4, -0.2) is 24.5 Å². The molecule has 0 spiro atoms. The van der Waals surface area contributed by atoms with Crippen molar-refractivity contribution in [1.29, 1.82) is 0 Å². The van der Waals surface area contributed by atoms with E-state index in [1.54, 1.807) is 60.7 Å². The minimum absolute atomic E-state index is 0.0921. The molecule has 49 heavy (non-hydrogen) atoms. The van der Waals surface area contributed by atoms with Gasteiger partial charge < -0.3 is 25.4 Å². The fraction of sp³-hybridized carbons (Fsp3) is 0.125. The molecule has 0 radical (unpaired) electrons. The monoisotopic (exact) mass is 669 g/mol. The van der Waals surface area contributed by atoms with Crippen LogP contribution in [0.5, 0.6) is 11.5 Å². The summed E-state index contributed by atoms with van der Waals surface area (Å²) < 4.78 is 10.9. The second kappa shape index (κ2) is 15.4. The summed E-state index contributed by atoms with van der Waals surface area (Å²) in [6, 6.07) is 38.6. The van der Waals surface area contributed by atoms with E-state index in [0.29, 0.717) is 34.4 Å². The zero-order valence-electron chi connectivity index (χ0n) is 27.0. The molecule has 0 saturated heterocycles. The SMILES string of the molecule is CC(C)c1ccc(/C=C(/NC(=O)c2ccccc2)C(=O)Nc2cccc(SC(C(=O)Nc3ccc4c(c3)OCO4)c3ccccc3)c2)cc1. The second-order valence-corrected chi connectivity index (χ2v) is 12.8. The lowest BCUT2D eigenvalue weighted by molar-refractivity contribution is -0.116. The fourth-order valence-electron chi connectivity index (χ4n) is 5.15. The Morgan fingerprint density at radius 2 is 1.39 bits per heavy atom. The largest absolute Gasteiger partial charge is 0.454 e. The van der Waals surface area contributed by atoms with Gasteiger partial charge in [-0.3, -0.25) is 14.4 Å². The Hall–Kier alpha value is -5.80. The van der Waals surface area contributed by atoms with Gasteiger partial charge in [0.2, 0.25) is 12.7 Å². The van der Waals surface area contributed by atoms with Gasteiger partial charge in [-0.05, 0) is 71.1 Å². The van der Waals surface area contributed by atoms with Gasteiger partial charge in [0.1, 0.15) is 10.9 Å². The number of ether oxygens (including phenoxy) is 2. The van der Waals surface area contributed by atoms with Crippen LogP contribution in [0.2, 0.25) is 0 Å². The normalized spacial score (nSPS) is 12.7. The molecular formula is C40H35N3O5S. The molecule has 1 aliphatic rings. The number of rotatable bonds is 11. The Bertz CT molecular complexity index is 1980. The van der Waals surface area contributed by atoms with E-state index in [0.717, 1.165) is 16.0 Å². The van der Waals surface area contributed by atoms with E-state index in [2.05, 4.69) is 29.8 Å². The molecule has 1 unspecified atom stereocenters. The third-order valence-corrected chi connectivity index (χ3v) is 9.02. The first-order chi connectivity index (χ1) is 23.8. The highest BCUT2D eigenvalue weighted by Crippen LogP contribution is 2.39. The molecule has 1 aliphatic heterocycles. The molecule has 1 atom stereocenters. The van der Waals surface area contributed by atoms with Gasteiger partial charge in [0, 0.05) is 27.9 Å². The number of thioether (sulfide) groups is 1. The predicted octanol–water partition coefficient (Wildman–Crippen LogP) is 8.42. The molecule has 0 bridgehead atoms. The van der Waals surface area contributed by atoms with Crippen LogP contribution in [0.3, 0.4) is 0 Å². The quantitative estimate of drug-likeness (QED) is 0.0964. The summed E-state index contributed by atoms with van der Waals surface area (Å²) >= 11 is 1.35. The molecule has 0 aliphatic carbocycles. The highest BCUT2D eigenvalue weighted by atomic mass is 32.2. The van der Waals surface area contributed by atoms with E-state index in [-0.39, 0.29) is 18.4 Å². The van der Waals surface area contributed by atoms with E-state index in [9.17, 15) is 14.4 Å². The highest BCUT2D eigenvalue weighted by Gasteiger charge is 2.24. The number of benzene rings is 5. The Morgan fingerprint density at radius 3 is 2.12 bits per heavy atom. The number of amides is 3. The third-order valence-electron chi connectivity index (χ3n) is 7.77. The summed E-state index contributed by atoms with van der Waals surface area (Å²) in [6.07, 6.45) is 1.66. The van der Waals surface area contributed by atoms with E-state index < -0.39 is 17.1 Å². The molecule has 0 saturated carbocycles. The fourth-order valence-corrected chi connectivity index (χ4v) is 6.23. The van der Waals surface area contributed by atoms with E-state index in [1.807, 2.05) is 72.8 Å². The lowest BCUT2D eigenvalue weighted by atomic mass is 10.0. The van der Waals surface area contributed by atoms with Crippen molar-refractivity contribution >= 4 is 46.9 Å². The smallest absolute Gasteiger partial charge is 0.272 e. The van der Waals surface area contributed by atoms with Gasteiger partial charge in [0.15, 0.2) is 11.5 Å². The maximum atomic E-state index is 13.7. The summed E-state index contributed by atoms with van der Waals surface area (Å²) in [5, 5.41) is 8.13. The maximum absolute atomic E-state index is 13.7. The molecule has 3 N–H and O–H groups in total. The van der Waals surface area contributed by atoms with Crippen molar-refractivity contribution in [2.75, 3.05) is 17.4 Å². The van der Waals surface area contributed by atoms with Gasteiger partial charge >= 0.3 is 0 Å². The first-order valence-corrected chi connectivity index (χ1v) is 16.7. The van der Waals surface area contributed by atoms with Crippen LogP contribution < -0.4 is 25.4 Å². The van der Waals surface area contributed by atoms with Crippen molar-refractivity contribution in [1.82, 2.24) is 5.32 Å². The number of hydrogen-bond acceptors (Lipinski definition) is 6. The Morgan fingerprint density at radius 1 is 0.694 bits per heavy atom. The summed E-state index contributed by atoms with van der Waals surface area (Å²) in [5.74, 6) is 0.462. The molecule has 1 heterocycles. The molecule has 5 aromatic carbocycles. The minimum Gasteiger partial charge on any atom is -0.454 e. The molecule has 0 fully saturated rings. The third kappa shape index (κ3) is 8.57. The molecule has 5 aromatic rings. The van der Waals surface area contributed by atoms with Crippen LogP contribution in [0.1, 0.15) is 52.1 Å². The summed E-state index contributed by atoms with van der Waals surface area (Å²) in [7, 11) is 0. The summed E-state index contributed by atoms with van der Waals surface area (Å²) in [6.45, 7) is 4.37. The molecule has 3 amide bonds. The van der Waals surface area contributed by atoms with Crippen molar-refractivity contribution in [2.24, 2.45) is 0 Å². The van der Waals surface area contributed by atoms with E-state index >= 15 is 0 Å². The predicted molar refractivity (Wildman–Crippen MR) is 194 cm³/mol. The van der Waals surface area contributed by atoms with Crippen LogP contribution in [0.15, 0.2) is 138 Å². The standard InChI is InChI=1S/C40H35N3O5S/c1-26(2)28-18-16-27(17-19-28)22-34(43-38(44)30-12-7-4-8-13-30)39(45)41-31-14-9-15-33(23-31)49-37(29-10-5-3-6-11-29)40(46)42-32-20-21-35-36(24-32)48-25-47-35/h3-24,26,37H,25H2,1-2H3,(H,41,45)(H,42,46)(H,43,44)/b34-22+. The van der Waals surface area contributed by atoms with Crippen LogP contribution in [0.25, 0.3) is 6.08 Å². The molecule has 246 valence electrons.